The fourth-order valence-electron chi connectivity index (χ4n) is 4.26. The van der Waals surface area contributed by atoms with E-state index in [4.69, 9.17) is 4.74 Å². The lowest BCUT2D eigenvalue weighted by Gasteiger charge is -2.42. The van der Waals surface area contributed by atoms with Crippen LogP contribution in [0.2, 0.25) is 0 Å². The maximum Gasteiger partial charge on any atom is 0.253 e. The fraction of sp³-hybridized carbons (Fsp3) is 0.650. The first-order chi connectivity index (χ1) is 13.5. The summed E-state index contributed by atoms with van der Waals surface area (Å²) < 4.78 is 32.9. The largest absolute Gasteiger partial charge is 0.379 e. The van der Waals surface area contributed by atoms with Crippen molar-refractivity contribution in [2.45, 2.75) is 18.1 Å². The van der Waals surface area contributed by atoms with Gasteiger partial charge in [-0.05, 0) is 30.9 Å². The maximum absolute atomic E-state index is 12.9. The Morgan fingerprint density at radius 3 is 2.29 bits per heavy atom. The van der Waals surface area contributed by atoms with Crippen LogP contribution in [-0.4, -0.2) is 92.7 Å². The van der Waals surface area contributed by atoms with Crippen LogP contribution >= 0.6 is 0 Å². The Morgan fingerprint density at radius 2 is 1.64 bits per heavy atom. The molecule has 1 aromatic rings. The van der Waals surface area contributed by atoms with Crippen LogP contribution in [0.25, 0.3) is 0 Å². The van der Waals surface area contributed by atoms with Gasteiger partial charge in [0.15, 0.2) is 0 Å². The average Bonchev–Trinajstić information content (AvgIpc) is 2.68. The normalized spacial score (nSPS) is 23.5. The maximum atomic E-state index is 12.9. The highest BCUT2D eigenvalue weighted by molar-refractivity contribution is 7.89. The molecule has 0 bridgehead atoms. The van der Waals surface area contributed by atoms with Gasteiger partial charge < -0.3 is 9.64 Å². The van der Waals surface area contributed by atoms with E-state index >= 15 is 0 Å². The summed E-state index contributed by atoms with van der Waals surface area (Å²) in [4.78, 5) is 16.5. The Morgan fingerprint density at radius 1 is 1.00 bits per heavy atom. The fourth-order valence-corrected chi connectivity index (χ4v) is 6.14. The number of carbonyl (C=O) groups is 1. The Bertz CT molecular complexity index is 766. The summed E-state index contributed by atoms with van der Waals surface area (Å²) >= 11 is 0. The minimum absolute atomic E-state index is 0.0868. The molecule has 3 saturated heterocycles. The Kier molecular flexibility index (Phi) is 6.01. The molecule has 0 N–H and O–H groups in total. The van der Waals surface area contributed by atoms with E-state index in [1.54, 1.807) is 21.3 Å². The highest BCUT2D eigenvalue weighted by atomic mass is 32.2. The number of hydrogen-bond donors (Lipinski definition) is 0. The number of piperidine rings is 1. The van der Waals surface area contributed by atoms with Gasteiger partial charge in [-0.25, -0.2) is 12.7 Å². The van der Waals surface area contributed by atoms with Crippen molar-refractivity contribution < 1.29 is 17.9 Å². The van der Waals surface area contributed by atoms with Crippen molar-refractivity contribution in [3.05, 3.63) is 35.9 Å². The molecule has 3 fully saturated rings. The molecule has 4 rings (SSSR count). The molecular weight excluding hydrogens is 378 g/mol. The van der Waals surface area contributed by atoms with Crippen LogP contribution in [0.15, 0.2) is 30.3 Å². The van der Waals surface area contributed by atoms with E-state index < -0.39 is 15.3 Å². The molecule has 0 saturated carbocycles. The predicted molar refractivity (Wildman–Crippen MR) is 107 cm³/mol. The summed E-state index contributed by atoms with van der Waals surface area (Å²) in [5.74, 6) is 0.471. The first kappa shape index (κ1) is 19.8. The van der Waals surface area contributed by atoms with Crippen LogP contribution in [0.5, 0.6) is 0 Å². The summed E-state index contributed by atoms with van der Waals surface area (Å²) in [6.45, 7) is 6.38. The van der Waals surface area contributed by atoms with E-state index in [2.05, 4.69) is 4.90 Å². The first-order valence-electron chi connectivity index (χ1n) is 10.2. The molecule has 1 aromatic carbocycles. The van der Waals surface area contributed by atoms with E-state index in [-0.39, 0.29) is 5.91 Å². The molecule has 7 nitrogen and oxygen atoms in total. The second-order valence-electron chi connectivity index (χ2n) is 8.00. The van der Waals surface area contributed by atoms with Crippen molar-refractivity contribution in [2.24, 2.45) is 5.92 Å². The molecule has 3 aliphatic rings. The molecule has 154 valence electrons. The number of benzene rings is 1. The number of rotatable bonds is 5. The zero-order valence-corrected chi connectivity index (χ0v) is 17.0. The molecule has 8 heteroatoms. The lowest BCUT2D eigenvalue weighted by Crippen LogP contribution is -2.60. The molecule has 0 aromatic heterocycles. The molecule has 3 aliphatic heterocycles. The molecule has 0 aliphatic carbocycles. The Hall–Kier alpha value is -1.48. The van der Waals surface area contributed by atoms with Gasteiger partial charge in [0.2, 0.25) is 10.0 Å². The topological polar surface area (TPSA) is 70.2 Å². The lowest BCUT2D eigenvalue weighted by molar-refractivity contribution is 0.0268. The number of ether oxygens (including phenoxy) is 1. The van der Waals surface area contributed by atoms with Gasteiger partial charge in [-0.1, -0.05) is 18.2 Å². The van der Waals surface area contributed by atoms with E-state index in [1.165, 1.54) is 0 Å². The molecule has 1 amide bonds. The van der Waals surface area contributed by atoms with Gasteiger partial charge in [-0.15, -0.1) is 0 Å². The van der Waals surface area contributed by atoms with Gasteiger partial charge >= 0.3 is 0 Å². The highest BCUT2D eigenvalue weighted by Crippen LogP contribution is 2.27. The summed E-state index contributed by atoms with van der Waals surface area (Å²) in [7, 11) is -3.32. The number of sulfonamides is 1. The van der Waals surface area contributed by atoms with Gasteiger partial charge in [-0.3, -0.25) is 9.69 Å². The van der Waals surface area contributed by atoms with Gasteiger partial charge in [-0.2, -0.15) is 0 Å². The minimum Gasteiger partial charge on any atom is -0.379 e. The van der Waals surface area contributed by atoms with Crippen molar-refractivity contribution in [1.29, 1.82) is 0 Å². The predicted octanol–water partition coefficient (Wildman–Crippen LogP) is 0.885. The number of morpholine rings is 1. The van der Waals surface area contributed by atoms with E-state index in [0.717, 1.165) is 45.7 Å². The van der Waals surface area contributed by atoms with Crippen molar-refractivity contribution in [3.63, 3.8) is 0 Å². The van der Waals surface area contributed by atoms with Crippen LogP contribution in [-0.2, 0) is 14.8 Å². The van der Waals surface area contributed by atoms with E-state index in [0.29, 0.717) is 37.7 Å². The molecule has 3 heterocycles. The SMILES string of the molecule is O=C(c1ccccc1)N1CC(S(=O)(=O)N2CCC(CN3CCOCC3)CC2)C1. The van der Waals surface area contributed by atoms with Crippen molar-refractivity contribution in [2.75, 3.05) is 59.0 Å². The monoisotopic (exact) mass is 407 g/mol. The van der Waals surface area contributed by atoms with Crippen LogP contribution in [0, 0.1) is 5.92 Å². The number of amides is 1. The van der Waals surface area contributed by atoms with Crippen LogP contribution < -0.4 is 0 Å². The summed E-state index contributed by atoms with van der Waals surface area (Å²) in [6, 6.07) is 9.04. The minimum atomic E-state index is -3.32. The second-order valence-corrected chi connectivity index (χ2v) is 10.2. The van der Waals surface area contributed by atoms with Crippen molar-refractivity contribution >= 4 is 15.9 Å². The summed E-state index contributed by atoms with van der Waals surface area (Å²) in [5.41, 5.74) is 0.613. The number of nitrogens with zero attached hydrogens (tertiary/aromatic N) is 3. The quantitative estimate of drug-likeness (QED) is 0.725. The highest BCUT2D eigenvalue weighted by Gasteiger charge is 2.43. The van der Waals surface area contributed by atoms with Crippen LogP contribution in [0.4, 0.5) is 0 Å². The first-order valence-corrected chi connectivity index (χ1v) is 11.7. The van der Waals surface area contributed by atoms with Crippen molar-refractivity contribution in [1.82, 2.24) is 14.1 Å². The van der Waals surface area contributed by atoms with Gasteiger partial charge in [0, 0.05) is 51.4 Å². The Balaban J connectivity index is 1.25. The number of likely N-dealkylation sites (tertiary alicyclic amines) is 1. The zero-order chi connectivity index (χ0) is 19.6. The van der Waals surface area contributed by atoms with Gasteiger partial charge in [0.25, 0.3) is 5.91 Å². The lowest BCUT2D eigenvalue weighted by atomic mass is 9.97. The molecule has 0 unspecified atom stereocenters. The zero-order valence-electron chi connectivity index (χ0n) is 16.2. The molecule has 0 atom stereocenters. The van der Waals surface area contributed by atoms with Crippen LogP contribution in [0.1, 0.15) is 23.2 Å². The third-order valence-corrected chi connectivity index (χ3v) is 8.36. The van der Waals surface area contributed by atoms with Gasteiger partial charge in [0.1, 0.15) is 5.25 Å². The molecular formula is C20H29N3O4S. The third kappa shape index (κ3) is 4.25. The Labute approximate surface area is 167 Å². The number of hydrogen-bond acceptors (Lipinski definition) is 5. The average molecular weight is 408 g/mol. The van der Waals surface area contributed by atoms with E-state index in [9.17, 15) is 13.2 Å². The summed E-state index contributed by atoms with van der Waals surface area (Å²) in [5, 5.41) is -0.462. The van der Waals surface area contributed by atoms with Crippen molar-refractivity contribution in [3.8, 4) is 0 Å². The van der Waals surface area contributed by atoms with E-state index in [1.807, 2.05) is 18.2 Å². The van der Waals surface area contributed by atoms with Gasteiger partial charge in [0.05, 0.1) is 13.2 Å². The number of carbonyl (C=O) groups excluding carboxylic acids is 1. The molecule has 0 spiro atoms. The molecule has 28 heavy (non-hydrogen) atoms. The third-order valence-electron chi connectivity index (χ3n) is 6.13. The smallest absolute Gasteiger partial charge is 0.253 e. The standard InChI is InChI=1S/C20H29N3O4S/c24-20(18-4-2-1-3-5-18)22-15-19(16-22)28(25,26)23-8-6-17(7-9-23)14-21-10-12-27-13-11-21/h1-5,17,19H,6-16H2. The van der Waals surface area contributed by atoms with Crippen LogP contribution in [0.3, 0.4) is 0 Å². The molecule has 0 radical (unpaired) electrons. The summed E-state index contributed by atoms with van der Waals surface area (Å²) in [6.07, 6.45) is 1.83. The second kappa shape index (κ2) is 8.49.